The molecule has 0 saturated carbocycles. The van der Waals surface area contributed by atoms with Gasteiger partial charge in [-0.15, -0.1) is 42.4 Å². The molecule has 0 bridgehead atoms. The molecule has 48 heteroatoms. The number of aliphatic carboxylic acids is 2. The predicted octanol–water partition coefficient (Wildman–Crippen LogP) is -9.28. The van der Waals surface area contributed by atoms with Gasteiger partial charge in [-0.25, -0.2) is 43.4 Å². The second kappa shape index (κ2) is 56.0. The summed E-state index contributed by atoms with van der Waals surface area (Å²) in [6, 6.07) is 13.1. The zero-order valence-electron chi connectivity index (χ0n) is 42.9. The van der Waals surface area contributed by atoms with Crippen LogP contribution < -0.4 is 130 Å². The Morgan fingerprint density at radius 3 is 1.46 bits per heavy atom. The number of rotatable bonds is 9. The molecule has 31 N–H and O–H groups in total. The van der Waals surface area contributed by atoms with E-state index in [2.05, 4.69) is 157 Å². The van der Waals surface area contributed by atoms with E-state index in [4.69, 9.17) is 48.2 Å². The molecule has 0 spiro atoms. The van der Waals surface area contributed by atoms with Crippen molar-refractivity contribution in [3.05, 3.63) is 131 Å². The number of carboxylic acid groups (broad SMARTS) is 2. The average Bonchev–Trinajstić information content (AvgIpc) is 3.49. The number of aromatic nitrogens is 12. The number of nitrogens with two attached hydrogens (primary N) is 7. The molecule has 0 aliphatic carbocycles. The predicted molar refractivity (Wildman–Crippen MR) is 314 cm³/mol. The number of hydrazone groups is 2. The van der Waals surface area contributed by atoms with Crippen LogP contribution in [0.1, 0.15) is 23.3 Å². The zero-order valence-corrected chi connectivity index (χ0v) is 48.2. The zero-order chi connectivity index (χ0) is 62.7. The van der Waals surface area contributed by atoms with Crippen molar-refractivity contribution >= 4 is 126 Å². The van der Waals surface area contributed by atoms with Crippen molar-refractivity contribution in [2.45, 2.75) is 12.9 Å². The minimum absolute atomic E-state index is 0. The first kappa shape index (κ1) is 86.4. The van der Waals surface area contributed by atoms with Crippen molar-refractivity contribution in [2.75, 3.05) is 22.5 Å². The summed E-state index contributed by atoms with van der Waals surface area (Å²) >= 11 is 14.6. The summed E-state index contributed by atoms with van der Waals surface area (Å²) in [5.74, 6) is 25.1. The van der Waals surface area contributed by atoms with Crippen molar-refractivity contribution in [1.29, 1.82) is 0 Å². The summed E-state index contributed by atoms with van der Waals surface area (Å²) in [4.78, 5) is 103. The Kier molecular flexibility index (Phi) is 56.9. The Morgan fingerprint density at radius 2 is 1.15 bits per heavy atom. The van der Waals surface area contributed by atoms with Gasteiger partial charge in [-0.2, -0.15) is 15.3 Å². The molecule has 0 fully saturated rings. The van der Waals surface area contributed by atoms with Gasteiger partial charge in [0.2, 0.25) is 29.2 Å². The third-order valence-electron chi connectivity index (χ3n) is 6.50. The van der Waals surface area contributed by atoms with Gasteiger partial charge in [0.1, 0.15) is 48.7 Å². The SMILES string of the molecule is C.CSC1NN=CC(=O)N1.NN.NNC(=S)N=CC(=O)O.NNC(N)=S.NNc1nncc(=O)[nH]1.NNc1nncc(=O)[nH]1.O=CC(=O)O.O=Cc1ccccc1O.O=c1cn[nH]c(=S)[nH]1.O=c1cnnc(N/N=C/c2ccccc2O)[nH]1.[Na+].[OH-]. The van der Waals surface area contributed by atoms with Gasteiger partial charge in [0, 0.05) is 5.56 Å². The van der Waals surface area contributed by atoms with Crippen molar-refractivity contribution in [2.24, 2.45) is 56.0 Å². The number of phenols is 2. The van der Waals surface area contributed by atoms with Gasteiger partial charge in [-0.05, 0) is 67.2 Å². The van der Waals surface area contributed by atoms with Crippen LogP contribution in [-0.4, -0.2) is 158 Å². The van der Waals surface area contributed by atoms with E-state index < -0.39 is 11.9 Å². The van der Waals surface area contributed by atoms with Crippen LogP contribution in [0.25, 0.3) is 0 Å². The fourth-order valence-electron chi connectivity index (χ4n) is 3.41. The van der Waals surface area contributed by atoms with Crippen molar-refractivity contribution in [1.82, 2.24) is 82.3 Å². The number of amides is 1. The number of nitrogen functional groups attached to an aromatic ring is 2. The molecule has 85 heavy (non-hydrogen) atoms. The van der Waals surface area contributed by atoms with Gasteiger partial charge in [0.25, 0.3) is 28.1 Å². The summed E-state index contributed by atoms with van der Waals surface area (Å²) in [6.45, 7) is 0. The third kappa shape index (κ3) is 50.8. The van der Waals surface area contributed by atoms with Crippen LogP contribution in [0.2, 0.25) is 0 Å². The summed E-state index contributed by atoms with van der Waals surface area (Å²) < 4.78 is 0.248. The molecular weight excluding hydrogens is 1230 g/mol. The maximum absolute atomic E-state index is 10.9. The second-order valence-electron chi connectivity index (χ2n) is 12.2. The number of carbonyl (C=O) groups excluding carboxylic acids is 3. The molecule has 0 radical (unpaired) electrons. The first-order valence-electron chi connectivity index (χ1n) is 20.4. The van der Waals surface area contributed by atoms with Gasteiger partial charge in [-0.3, -0.25) is 92.0 Å². The number of phenolic OH excluding ortho intramolecular Hbond substituents is 2. The summed E-state index contributed by atoms with van der Waals surface area (Å²) in [6.07, 6.45) is 9.90. The van der Waals surface area contributed by atoms with Crippen LogP contribution >= 0.6 is 48.4 Å². The van der Waals surface area contributed by atoms with Crippen molar-refractivity contribution < 1.29 is 79.4 Å². The molecule has 1 aliphatic heterocycles. The number of H-pyrrole nitrogens is 5. The quantitative estimate of drug-likeness (QED) is 0.0122. The van der Waals surface area contributed by atoms with Crippen molar-refractivity contribution in [3.8, 4) is 11.5 Å². The molecule has 1 amide bonds. The number of anilines is 3. The number of hydrogen-bond donors (Lipinski definition) is 23. The number of aromatic hydroxyl groups is 2. The van der Waals surface area contributed by atoms with Gasteiger partial charge in [0.15, 0.2) is 21.7 Å². The van der Waals surface area contributed by atoms with Crippen LogP contribution in [-0.2, 0) is 19.2 Å². The summed E-state index contributed by atoms with van der Waals surface area (Å²) in [7, 11) is 0. The minimum atomic E-state index is -1.43. The van der Waals surface area contributed by atoms with E-state index in [-0.39, 0.29) is 127 Å². The molecule has 2 aromatic carbocycles. The van der Waals surface area contributed by atoms with E-state index >= 15 is 0 Å². The van der Waals surface area contributed by atoms with E-state index in [0.29, 0.717) is 23.6 Å². The summed E-state index contributed by atoms with van der Waals surface area (Å²) in [5.41, 5.74) is 17.8. The van der Waals surface area contributed by atoms with Gasteiger partial charge in [-0.1, -0.05) is 31.7 Å². The molecule has 1 unspecified atom stereocenters. The van der Waals surface area contributed by atoms with Crippen molar-refractivity contribution in [3.63, 3.8) is 0 Å². The molecule has 43 nitrogen and oxygen atoms in total. The number of thioether (sulfide) groups is 1. The number of hydrogen-bond acceptors (Lipinski definition) is 35. The van der Waals surface area contributed by atoms with Gasteiger partial charge < -0.3 is 42.4 Å². The largest absolute Gasteiger partial charge is 1.00 e. The maximum Gasteiger partial charge on any atom is 1.00 e. The normalized spacial score (nSPS) is 10.3. The molecule has 4 aromatic heterocycles. The molecule has 458 valence electrons. The Hall–Kier alpha value is -9.89. The van der Waals surface area contributed by atoms with Crippen LogP contribution in [0, 0.1) is 4.77 Å². The van der Waals surface area contributed by atoms with Gasteiger partial charge >= 0.3 is 41.5 Å². The number of aliphatic imine (C=N–C) groups is 1. The monoisotopic (exact) mass is 1280 g/mol. The number of nitrogens with zero attached hydrogens (tertiary/aromatic N) is 10. The minimum Gasteiger partial charge on any atom is -0.870 e. The fraction of sp³-hybridized carbons (Fsp3) is 0.0811. The number of para-hydroxylation sites is 2. The van der Waals surface area contributed by atoms with E-state index in [1.54, 1.807) is 42.5 Å². The molecule has 1 aliphatic rings. The topological polar surface area (TPSA) is 737 Å². The number of thiocarbonyl (C=S) groups is 2. The Labute approximate surface area is 517 Å². The molecule has 5 heterocycles. The molecule has 6 aromatic rings. The van der Waals surface area contributed by atoms with Crippen LogP contribution in [0.4, 0.5) is 17.8 Å². The number of aromatic amines is 5. The Bertz CT molecular complexity index is 3190. The summed E-state index contributed by atoms with van der Waals surface area (Å²) in [5, 5.41) is 70.1. The number of carboxylic acids is 2. The smallest absolute Gasteiger partial charge is 0.870 e. The second-order valence-corrected chi connectivity index (χ2v) is 14.3. The molecule has 7 rings (SSSR count). The van der Waals surface area contributed by atoms with Crippen LogP contribution in [0.3, 0.4) is 0 Å². The number of nitrogens with one attached hydrogen (secondary N) is 12. The number of carbonyl (C=O) groups is 5. The van der Waals surface area contributed by atoms with E-state index in [1.165, 1.54) is 30.3 Å². The average molecular weight is 1280 g/mol. The molecule has 0 saturated heterocycles. The van der Waals surface area contributed by atoms with E-state index in [1.807, 2.05) is 17.1 Å². The van der Waals surface area contributed by atoms with E-state index in [0.717, 1.165) is 24.8 Å². The first-order chi connectivity index (χ1) is 39.1. The molecule has 1 atom stereocenters. The molecular formula is C37H56N29NaO14S4. The maximum atomic E-state index is 10.9. The Morgan fingerprint density at radius 1 is 0.718 bits per heavy atom. The number of benzene rings is 2. The third-order valence-corrected chi connectivity index (χ3v) is 7.73. The number of aldehydes is 2. The van der Waals surface area contributed by atoms with E-state index in [9.17, 15) is 38.7 Å². The fourth-order valence-corrected chi connectivity index (χ4v) is 4.02. The first-order valence-corrected chi connectivity index (χ1v) is 22.9. The van der Waals surface area contributed by atoms with Crippen LogP contribution in [0.5, 0.6) is 11.5 Å². The standard InChI is InChI=1S/C10H9N5O2.C7H6O2.C4H7N3OS.2C3H5N5O.C3H5N3O2S.C3H3N3OS.C2H2O3.CH5N3S.CH4.H4N2.Na.H2O/c16-8-4-2-1-3-7(8)5-11-14-10-13-9(17)6-12-15-10;8-5-6-3-1-2-4-7(6)9;1-9-4-6-3(8)2-5-7-4;2*4-7-3-6-2(9)1-5-8-3;4-6-3(9)5-1-2(7)8;7-2-1-4-6-3(8)5-2;3-1-2(4)5;2-1(5)4-3;;1-2;;/h1-6,16H,(H2,13,14,15,17);1-5,9H;2,4,7H,1H3,(H,6,8);2*1H,4H2,(H2,6,7,8,9);1H,4H2,(H,6,9)(H,7,8);1H,(H2,5,6,7,8);1H,(H,4,5);3H2,(H3,2,4,5);1H4;1-2H2;;1H2/q;;;;;;;;;;;+1;/p-1/b11-5+;;;;;;;;;;;;. The van der Waals surface area contributed by atoms with Gasteiger partial charge in [0.05, 0.1) is 11.8 Å². The number of hydrazine groups is 5. The van der Waals surface area contributed by atoms with Crippen LogP contribution in [0.15, 0.2) is 108 Å². The Balaban J connectivity index is -0.000000209.